The molecule has 6 heteroatoms. The van der Waals surface area contributed by atoms with Gasteiger partial charge in [-0.05, 0) is 36.6 Å². The van der Waals surface area contributed by atoms with Gasteiger partial charge in [0.05, 0.1) is 10.0 Å². The van der Waals surface area contributed by atoms with Crippen LogP contribution in [0, 0.1) is 6.92 Å². The van der Waals surface area contributed by atoms with Crippen molar-refractivity contribution in [2.75, 3.05) is 17.2 Å². The number of pyridine rings is 2. The molecule has 0 radical (unpaired) electrons. The maximum Gasteiger partial charge on any atom is 0.147 e. The Kier molecular flexibility index (Phi) is 5.65. The zero-order chi connectivity index (χ0) is 15.2. The number of aryl methyl sites for hydroxylation is 1. The summed E-state index contributed by atoms with van der Waals surface area (Å²) in [6.07, 6.45) is 4.61. The fourth-order valence-electron chi connectivity index (χ4n) is 1.82. The Balaban J connectivity index is 2.14. The van der Waals surface area contributed by atoms with Gasteiger partial charge in [-0.3, -0.25) is 4.98 Å². The third-order valence-corrected chi connectivity index (χ3v) is 3.64. The molecule has 0 unspecified atom stereocenters. The average Bonchev–Trinajstić information content (AvgIpc) is 2.47. The Bertz CT molecular complexity index is 617. The summed E-state index contributed by atoms with van der Waals surface area (Å²) in [5.74, 6) is 1.26. The molecule has 2 heterocycles. The van der Waals surface area contributed by atoms with Crippen molar-refractivity contribution in [3.63, 3.8) is 0 Å². The molecule has 0 aliphatic carbocycles. The second-order valence-corrected chi connectivity index (χ2v) is 5.55. The standard InChI is InChI=1S/C15H18Cl2N4/c1-3-5-19-14-12(16)7-13(17)15(21-14)20-9-11-8-18-6-4-10(11)2/h4,6-8H,3,5,9H2,1-2H3,(H2,19,20,21). The van der Waals surface area contributed by atoms with Crippen LogP contribution < -0.4 is 10.6 Å². The van der Waals surface area contributed by atoms with Gasteiger partial charge in [0.1, 0.15) is 11.6 Å². The lowest BCUT2D eigenvalue weighted by molar-refractivity contribution is 0.967. The highest BCUT2D eigenvalue weighted by atomic mass is 35.5. The lowest BCUT2D eigenvalue weighted by atomic mass is 10.1. The average molecular weight is 325 g/mol. The second-order valence-electron chi connectivity index (χ2n) is 4.73. The minimum absolute atomic E-state index is 0.503. The molecule has 0 spiro atoms. The van der Waals surface area contributed by atoms with E-state index in [0.29, 0.717) is 28.2 Å². The Labute approximate surface area is 134 Å². The minimum atomic E-state index is 0.503. The fraction of sp³-hybridized carbons (Fsp3) is 0.333. The number of rotatable bonds is 6. The zero-order valence-electron chi connectivity index (χ0n) is 12.1. The van der Waals surface area contributed by atoms with Crippen molar-refractivity contribution in [2.45, 2.75) is 26.8 Å². The van der Waals surface area contributed by atoms with Crippen molar-refractivity contribution in [3.05, 3.63) is 45.7 Å². The van der Waals surface area contributed by atoms with E-state index in [4.69, 9.17) is 23.2 Å². The van der Waals surface area contributed by atoms with E-state index in [1.54, 1.807) is 12.3 Å². The van der Waals surface area contributed by atoms with E-state index in [2.05, 4.69) is 27.5 Å². The van der Waals surface area contributed by atoms with Crippen molar-refractivity contribution in [1.29, 1.82) is 0 Å². The molecule has 0 saturated heterocycles. The number of halogens is 2. The van der Waals surface area contributed by atoms with Gasteiger partial charge in [-0.25, -0.2) is 4.98 Å². The molecule has 112 valence electrons. The highest BCUT2D eigenvalue weighted by molar-refractivity contribution is 6.37. The molecule has 2 rings (SSSR count). The minimum Gasteiger partial charge on any atom is -0.369 e. The van der Waals surface area contributed by atoms with E-state index >= 15 is 0 Å². The summed E-state index contributed by atoms with van der Waals surface area (Å²) in [6, 6.07) is 3.68. The predicted octanol–water partition coefficient (Wildman–Crippen LogP) is 4.53. The molecular formula is C15H18Cl2N4. The summed E-state index contributed by atoms with van der Waals surface area (Å²) in [5, 5.41) is 7.45. The van der Waals surface area contributed by atoms with E-state index in [9.17, 15) is 0 Å². The van der Waals surface area contributed by atoms with E-state index < -0.39 is 0 Å². The summed E-state index contributed by atoms with van der Waals surface area (Å²) in [4.78, 5) is 8.57. The number of nitrogens with zero attached hydrogens (tertiary/aromatic N) is 2. The van der Waals surface area contributed by atoms with Crippen molar-refractivity contribution in [1.82, 2.24) is 9.97 Å². The zero-order valence-corrected chi connectivity index (χ0v) is 13.6. The fourth-order valence-corrected chi connectivity index (χ4v) is 2.31. The Hall–Kier alpha value is -1.52. The lowest BCUT2D eigenvalue weighted by Crippen LogP contribution is -2.07. The van der Waals surface area contributed by atoms with Gasteiger partial charge in [-0.15, -0.1) is 0 Å². The van der Waals surface area contributed by atoms with Gasteiger partial charge in [0.15, 0.2) is 0 Å². The van der Waals surface area contributed by atoms with Crippen LogP contribution in [0.15, 0.2) is 24.5 Å². The molecule has 0 saturated carbocycles. The molecule has 0 bridgehead atoms. The third-order valence-electron chi connectivity index (χ3n) is 3.07. The van der Waals surface area contributed by atoms with Gasteiger partial charge in [0.2, 0.25) is 0 Å². The number of hydrogen-bond acceptors (Lipinski definition) is 4. The summed E-state index contributed by atoms with van der Waals surface area (Å²) < 4.78 is 0. The van der Waals surface area contributed by atoms with Crippen LogP contribution in [0.5, 0.6) is 0 Å². The molecular weight excluding hydrogens is 307 g/mol. The van der Waals surface area contributed by atoms with Gasteiger partial charge in [0, 0.05) is 25.5 Å². The summed E-state index contributed by atoms with van der Waals surface area (Å²) in [5.41, 5.74) is 2.28. The Morgan fingerprint density at radius 3 is 2.52 bits per heavy atom. The maximum absolute atomic E-state index is 6.19. The summed E-state index contributed by atoms with van der Waals surface area (Å²) >= 11 is 12.3. The Morgan fingerprint density at radius 2 is 1.86 bits per heavy atom. The molecule has 2 aromatic rings. The van der Waals surface area contributed by atoms with Crippen LogP contribution in [0.2, 0.25) is 10.0 Å². The van der Waals surface area contributed by atoms with E-state index in [1.165, 1.54) is 5.56 Å². The van der Waals surface area contributed by atoms with E-state index in [1.807, 2.05) is 19.2 Å². The molecule has 0 aliphatic heterocycles. The van der Waals surface area contributed by atoms with Crippen LogP contribution in [-0.2, 0) is 6.54 Å². The van der Waals surface area contributed by atoms with Gasteiger partial charge in [0.25, 0.3) is 0 Å². The molecule has 2 N–H and O–H groups in total. The van der Waals surface area contributed by atoms with Crippen molar-refractivity contribution < 1.29 is 0 Å². The van der Waals surface area contributed by atoms with Crippen LogP contribution in [0.25, 0.3) is 0 Å². The second kappa shape index (κ2) is 7.48. The first-order chi connectivity index (χ1) is 10.1. The van der Waals surface area contributed by atoms with Crippen LogP contribution in [0.1, 0.15) is 24.5 Å². The van der Waals surface area contributed by atoms with Crippen LogP contribution in [-0.4, -0.2) is 16.5 Å². The Morgan fingerprint density at radius 1 is 1.14 bits per heavy atom. The van der Waals surface area contributed by atoms with E-state index in [-0.39, 0.29) is 0 Å². The molecule has 4 nitrogen and oxygen atoms in total. The summed E-state index contributed by atoms with van der Waals surface area (Å²) in [7, 11) is 0. The molecule has 0 amide bonds. The van der Waals surface area contributed by atoms with Crippen molar-refractivity contribution in [3.8, 4) is 0 Å². The quantitative estimate of drug-likeness (QED) is 0.819. The number of aromatic nitrogens is 2. The van der Waals surface area contributed by atoms with E-state index in [0.717, 1.165) is 18.5 Å². The largest absolute Gasteiger partial charge is 0.369 e. The van der Waals surface area contributed by atoms with Gasteiger partial charge in [-0.1, -0.05) is 30.1 Å². The molecule has 2 aromatic heterocycles. The number of nitrogens with one attached hydrogen (secondary N) is 2. The number of anilines is 2. The molecule has 21 heavy (non-hydrogen) atoms. The maximum atomic E-state index is 6.19. The molecule has 0 aromatic carbocycles. The topological polar surface area (TPSA) is 49.8 Å². The molecule has 0 fully saturated rings. The third kappa shape index (κ3) is 4.22. The molecule has 0 atom stereocenters. The van der Waals surface area contributed by atoms with Crippen LogP contribution in [0.4, 0.5) is 11.6 Å². The SMILES string of the molecule is CCCNc1nc(NCc2cnccc2C)c(Cl)cc1Cl. The normalized spacial score (nSPS) is 10.5. The first-order valence-electron chi connectivity index (χ1n) is 6.85. The van der Waals surface area contributed by atoms with Crippen molar-refractivity contribution >= 4 is 34.8 Å². The lowest BCUT2D eigenvalue weighted by Gasteiger charge is -2.13. The smallest absolute Gasteiger partial charge is 0.147 e. The first-order valence-corrected chi connectivity index (χ1v) is 7.60. The predicted molar refractivity (Wildman–Crippen MR) is 89.3 cm³/mol. The van der Waals surface area contributed by atoms with Gasteiger partial charge < -0.3 is 10.6 Å². The summed E-state index contributed by atoms with van der Waals surface area (Å²) in [6.45, 7) is 5.56. The van der Waals surface area contributed by atoms with Crippen LogP contribution >= 0.6 is 23.2 Å². The number of hydrogen-bond donors (Lipinski definition) is 2. The van der Waals surface area contributed by atoms with Crippen LogP contribution in [0.3, 0.4) is 0 Å². The highest BCUT2D eigenvalue weighted by Crippen LogP contribution is 2.29. The van der Waals surface area contributed by atoms with Gasteiger partial charge in [-0.2, -0.15) is 0 Å². The van der Waals surface area contributed by atoms with Gasteiger partial charge >= 0.3 is 0 Å². The highest BCUT2D eigenvalue weighted by Gasteiger charge is 2.09. The monoisotopic (exact) mass is 324 g/mol. The molecule has 0 aliphatic rings. The first kappa shape index (κ1) is 15.9. The van der Waals surface area contributed by atoms with Crippen molar-refractivity contribution in [2.24, 2.45) is 0 Å².